The van der Waals surface area contributed by atoms with Gasteiger partial charge in [-0.15, -0.1) is 0 Å². The Morgan fingerprint density at radius 3 is 2.64 bits per heavy atom. The third-order valence-electron chi connectivity index (χ3n) is 3.40. The Morgan fingerprint density at radius 1 is 1.12 bits per heavy atom. The molecule has 132 valence electrons. The minimum atomic E-state index is -0.541. The Balaban J connectivity index is 1.87. The first-order chi connectivity index (χ1) is 12.0. The number of amides is 2. The van der Waals surface area contributed by atoms with Crippen LogP contribution in [0.5, 0.6) is 11.5 Å². The molecule has 0 fully saturated rings. The van der Waals surface area contributed by atoms with E-state index >= 15 is 0 Å². The van der Waals surface area contributed by atoms with Crippen LogP contribution in [0.15, 0.2) is 42.5 Å². The third kappa shape index (κ3) is 5.39. The van der Waals surface area contributed by atoms with Crippen molar-refractivity contribution in [2.75, 3.05) is 13.7 Å². The van der Waals surface area contributed by atoms with Crippen LogP contribution < -0.4 is 20.3 Å². The average molecular weight is 363 g/mol. The van der Waals surface area contributed by atoms with Crippen LogP contribution in [0.4, 0.5) is 0 Å². The molecule has 0 bridgehead atoms. The number of carbonyl (C=O) groups is 2. The fraction of sp³-hybridized carbons (Fsp3) is 0.222. The number of halogens is 1. The predicted octanol–water partition coefficient (Wildman–Crippen LogP) is 2.75. The SMILES string of the molecule is CCc1cccc(OCC(=O)NNC(=O)c2cc(Cl)ccc2OC)c1. The fourth-order valence-electron chi connectivity index (χ4n) is 2.09. The highest BCUT2D eigenvalue weighted by Crippen LogP contribution is 2.22. The molecule has 0 aromatic heterocycles. The molecule has 0 saturated heterocycles. The topological polar surface area (TPSA) is 76.7 Å². The smallest absolute Gasteiger partial charge is 0.276 e. The van der Waals surface area contributed by atoms with Crippen LogP contribution in [0.25, 0.3) is 0 Å². The zero-order chi connectivity index (χ0) is 18.2. The standard InChI is InChI=1S/C18H19ClN2O4/c1-3-12-5-4-6-14(9-12)25-11-17(22)20-21-18(23)15-10-13(19)7-8-16(15)24-2/h4-10H,3,11H2,1-2H3,(H,20,22)(H,21,23). The van der Waals surface area contributed by atoms with Crippen LogP contribution in [-0.4, -0.2) is 25.5 Å². The third-order valence-corrected chi connectivity index (χ3v) is 3.63. The highest BCUT2D eigenvalue weighted by molar-refractivity contribution is 6.31. The lowest BCUT2D eigenvalue weighted by atomic mass is 10.2. The monoisotopic (exact) mass is 362 g/mol. The van der Waals surface area contributed by atoms with Gasteiger partial charge in [0.25, 0.3) is 11.8 Å². The number of rotatable bonds is 6. The zero-order valence-corrected chi connectivity index (χ0v) is 14.7. The Kier molecular flexibility index (Phi) is 6.65. The quantitative estimate of drug-likeness (QED) is 0.775. The summed E-state index contributed by atoms with van der Waals surface area (Å²) >= 11 is 5.88. The van der Waals surface area contributed by atoms with Gasteiger partial charge in [0, 0.05) is 5.02 Å². The van der Waals surface area contributed by atoms with Crippen LogP contribution in [0.1, 0.15) is 22.8 Å². The molecule has 0 unspecified atom stereocenters. The van der Waals surface area contributed by atoms with Crippen LogP contribution in [0.3, 0.4) is 0 Å². The molecule has 0 atom stereocenters. The van der Waals surface area contributed by atoms with Gasteiger partial charge in [0.05, 0.1) is 12.7 Å². The summed E-state index contributed by atoms with van der Waals surface area (Å²) in [4.78, 5) is 24.0. The molecule has 0 aliphatic heterocycles. The van der Waals surface area contributed by atoms with Crippen molar-refractivity contribution in [2.24, 2.45) is 0 Å². The van der Waals surface area contributed by atoms with Gasteiger partial charge < -0.3 is 9.47 Å². The number of hydrogen-bond donors (Lipinski definition) is 2. The van der Waals surface area contributed by atoms with Crippen molar-refractivity contribution in [1.29, 1.82) is 0 Å². The lowest BCUT2D eigenvalue weighted by molar-refractivity contribution is -0.123. The maximum absolute atomic E-state index is 12.1. The summed E-state index contributed by atoms with van der Waals surface area (Å²) in [5, 5.41) is 0.386. The molecule has 2 amide bonds. The van der Waals surface area contributed by atoms with Crippen LogP contribution in [0, 0.1) is 0 Å². The molecule has 7 heteroatoms. The summed E-state index contributed by atoms with van der Waals surface area (Å²) in [5.74, 6) is -0.0851. The summed E-state index contributed by atoms with van der Waals surface area (Å²) in [6.07, 6.45) is 0.876. The van der Waals surface area contributed by atoms with Gasteiger partial charge in [-0.3, -0.25) is 20.4 Å². The number of hydrogen-bond acceptors (Lipinski definition) is 4. The predicted molar refractivity (Wildman–Crippen MR) is 94.9 cm³/mol. The molecule has 0 saturated carbocycles. The Hall–Kier alpha value is -2.73. The highest BCUT2D eigenvalue weighted by Gasteiger charge is 2.14. The largest absolute Gasteiger partial charge is 0.496 e. The molecule has 2 aromatic rings. The second-order valence-electron chi connectivity index (χ2n) is 5.14. The molecule has 2 aromatic carbocycles. The van der Waals surface area contributed by atoms with Crippen molar-refractivity contribution in [2.45, 2.75) is 13.3 Å². The van der Waals surface area contributed by atoms with Gasteiger partial charge in [-0.05, 0) is 42.3 Å². The number of hydrazine groups is 1. The van der Waals surface area contributed by atoms with Crippen molar-refractivity contribution in [3.63, 3.8) is 0 Å². The normalized spacial score (nSPS) is 10.0. The van der Waals surface area contributed by atoms with Gasteiger partial charge in [0.1, 0.15) is 11.5 Å². The van der Waals surface area contributed by atoms with Crippen LogP contribution in [0.2, 0.25) is 5.02 Å². The van der Waals surface area contributed by atoms with Gasteiger partial charge >= 0.3 is 0 Å². The van der Waals surface area contributed by atoms with Gasteiger partial charge in [0.15, 0.2) is 6.61 Å². The first-order valence-electron chi connectivity index (χ1n) is 7.68. The van der Waals surface area contributed by atoms with Gasteiger partial charge in [-0.2, -0.15) is 0 Å². The summed E-state index contributed by atoms with van der Waals surface area (Å²) < 4.78 is 10.5. The molecule has 0 aliphatic rings. The Labute approximate surface area is 151 Å². The number of ether oxygens (including phenoxy) is 2. The Bertz CT molecular complexity index is 764. The van der Waals surface area contributed by atoms with Crippen molar-refractivity contribution in [1.82, 2.24) is 10.9 Å². The maximum Gasteiger partial charge on any atom is 0.276 e. The van der Waals surface area contributed by atoms with E-state index in [1.807, 2.05) is 25.1 Å². The Morgan fingerprint density at radius 2 is 1.92 bits per heavy atom. The average Bonchev–Trinajstić information content (AvgIpc) is 2.64. The number of benzene rings is 2. The van der Waals surface area contributed by atoms with Crippen molar-refractivity contribution in [3.05, 3.63) is 58.6 Å². The molecule has 0 heterocycles. The number of carbonyl (C=O) groups excluding carboxylic acids is 2. The molecule has 2 rings (SSSR count). The minimum Gasteiger partial charge on any atom is -0.496 e. The summed E-state index contributed by atoms with van der Waals surface area (Å²) in [5.41, 5.74) is 5.92. The second-order valence-corrected chi connectivity index (χ2v) is 5.57. The van der Waals surface area contributed by atoms with E-state index in [0.717, 1.165) is 12.0 Å². The van der Waals surface area contributed by atoms with E-state index < -0.39 is 11.8 Å². The van der Waals surface area contributed by atoms with E-state index in [0.29, 0.717) is 16.5 Å². The van der Waals surface area contributed by atoms with Crippen molar-refractivity contribution < 1.29 is 19.1 Å². The molecular formula is C18H19ClN2O4. The fourth-order valence-corrected chi connectivity index (χ4v) is 2.26. The van der Waals surface area contributed by atoms with E-state index in [1.54, 1.807) is 18.2 Å². The van der Waals surface area contributed by atoms with Crippen molar-refractivity contribution >= 4 is 23.4 Å². The van der Waals surface area contributed by atoms with E-state index in [1.165, 1.54) is 13.2 Å². The van der Waals surface area contributed by atoms with Crippen molar-refractivity contribution in [3.8, 4) is 11.5 Å². The molecule has 0 radical (unpaired) electrons. The molecule has 0 spiro atoms. The summed E-state index contributed by atoms with van der Waals surface area (Å²) in [6, 6.07) is 12.1. The van der Waals surface area contributed by atoms with E-state index in [-0.39, 0.29) is 12.2 Å². The lowest BCUT2D eigenvalue weighted by Crippen LogP contribution is -2.43. The number of methoxy groups -OCH3 is 1. The van der Waals surface area contributed by atoms with Gasteiger partial charge in [0.2, 0.25) is 0 Å². The number of aryl methyl sites for hydroxylation is 1. The van der Waals surface area contributed by atoms with Crippen LogP contribution >= 0.6 is 11.6 Å². The minimum absolute atomic E-state index is 0.215. The second kappa shape index (κ2) is 8.94. The summed E-state index contributed by atoms with van der Waals surface area (Å²) in [6.45, 7) is 1.81. The molecule has 2 N–H and O–H groups in total. The molecule has 0 aliphatic carbocycles. The first kappa shape index (κ1) is 18.6. The molecule has 25 heavy (non-hydrogen) atoms. The molecular weight excluding hydrogens is 344 g/mol. The van der Waals surface area contributed by atoms with E-state index in [9.17, 15) is 9.59 Å². The van der Waals surface area contributed by atoms with E-state index in [4.69, 9.17) is 21.1 Å². The maximum atomic E-state index is 12.1. The van der Waals surface area contributed by atoms with Gasteiger partial charge in [-0.1, -0.05) is 30.7 Å². The highest BCUT2D eigenvalue weighted by atomic mass is 35.5. The van der Waals surface area contributed by atoms with Crippen LogP contribution in [-0.2, 0) is 11.2 Å². The van der Waals surface area contributed by atoms with E-state index in [2.05, 4.69) is 10.9 Å². The zero-order valence-electron chi connectivity index (χ0n) is 14.0. The lowest BCUT2D eigenvalue weighted by Gasteiger charge is -2.11. The summed E-state index contributed by atoms with van der Waals surface area (Å²) in [7, 11) is 1.44. The van der Waals surface area contributed by atoms with Gasteiger partial charge in [-0.25, -0.2) is 0 Å². The molecule has 6 nitrogen and oxygen atoms in total. The number of nitrogens with one attached hydrogen (secondary N) is 2. The first-order valence-corrected chi connectivity index (χ1v) is 8.05.